The molecule has 0 saturated heterocycles. The van der Waals surface area contributed by atoms with Crippen molar-refractivity contribution in [3.05, 3.63) is 52.8 Å². The number of hydrogen-bond donors (Lipinski definition) is 2. The summed E-state index contributed by atoms with van der Waals surface area (Å²) < 4.78 is 45.0. The Morgan fingerprint density at radius 3 is 2.44 bits per heavy atom. The molecule has 0 spiro atoms. The molecule has 0 saturated carbocycles. The predicted octanol–water partition coefficient (Wildman–Crippen LogP) is 4.33. The van der Waals surface area contributed by atoms with E-state index in [9.17, 15) is 18.3 Å². The third-order valence-corrected chi connectivity index (χ3v) is 3.84. The van der Waals surface area contributed by atoms with Crippen molar-refractivity contribution in [1.29, 1.82) is 0 Å². The minimum absolute atomic E-state index is 0.0403. The van der Waals surface area contributed by atoms with Crippen LogP contribution in [0.15, 0.2) is 42.5 Å². The zero-order valence-corrected chi connectivity index (χ0v) is 13.6. The summed E-state index contributed by atoms with van der Waals surface area (Å²) in [5.41, 5.74) is 0.245. The molecular weight excluding hydrogens is 355 g/mol. The molecule has 1 heterocycles. The van der Waals surface area contributed by atoms with E-state index in [1.807, 2.05) is 0 Å². The summed E-state index contributed by atoms with van der Waals surface area (Å²) in [7, 11) is 1.41. The molecular formula is C16H12F3N3O2S. The van der Waals surface area contributed by atoms with Crippen molar-refractivity contribution in [2.75, 3.05) is 7.11 Å². The Labute approximate surface area is 145 Å². The van der Waals surface area contributed by atoms with Gasteiger partial charge in [0.2, 0.25) is 0 Å². The van der Waals surface area contributed by atoms with Gasteiger partial charge < -0.3 is 9.84 Å². The Morgan fingerprint density at radius 1 is 1.16 bits per heavy atom. The topological polar surface area (TPSA) is 63.1 Å². The van der Waals surface area contributed by atoms with Gasteiger partial charge in [-0.1, -0.05) is 0 Å². The maximum atomic E-state index is 12.7. The first-order chi connectivity index (χ1) is 11.8. The Bertz CT molecular complexity index is 962. The van der Waals surface area contributed by atoms with E-state index in [0.717, 1.165) is 12.1 Å². The van der Waals surface area contributed by atoms with Crippen LogP contribution in [0.4, 0.5) is 13.2 Å². The molecule has 0 amide bonds. The summed E-state index contributed by atoms with van der Waals surface area (Å²) >= 11 is 5.19. The number of phenolic OH excluding ortho intramolecular Hbond substituents is 1. The number of hydrogen-bond acceptors (Lipinski definition) is 4. The van der Waals surface area contributed by atoms with Gasteiger partial charge in [-0.3, -0.25) is 9.67 Å². The lowest BCUT2D eigenvalue weighted by molar-refractivity contribution is -0.137. The highest BCUT2D eigenvalue weighted by atomic mass is 32.1. The molecule has 0 aliphatic heterocycles. The zero-order chi connectivity index (χ0) is 18.2. The molecule has 130 valence electrons. The van der Waals surface area contributed by atoms with Gasteiger partial charge in [0, 0.05) is 11.3 Å². The van der Waals surface area contributed by atoms with Gasteiger partial charge >= 0.3 is 6.18 Å². The molecule has 3 rings (SSSR count). The number of methoxy groups -OCH3 is 1. The highest BCUT2D eigenvalue weighted by Crippen LogP contribution is 2.33. The van der Waals surface area contributed by atoms with Crippen molar-refractivity contribution in [2.45, 2.75) is 6.18 Å². The highest BCUT2D eigenvalue weighted by molar-refractivity contribution is 7.71. The Kier molecular flexibility index (Phi) is 4.25. The minimum Gasteiger partial charge on any atom is -0.504 e. The monoisotopic (exact) mass is 367 g/mol. The summed E-state index contributed by atoms with van der Waals surface area (Å²) in [6, 6.07) is 9.17. The normalized spacial score (nSPS) is 11.5. The number of aromatic amines is 1. The van der Waals surface area contributed by atoms with Crippen LogP contribution in [-0.4, -0.2) is 27.0 Å². The first-order valence-electron chi connectivity index (χ1n) is 7.03. The number of aromatic hydroxyl groups is 1. The number of nitrogens with zero attached hydrogens (tertiary/aromatic N) is 2. The van der Waals surface area contributed by atoms with Crippen LogP contribution in [-0.2, 0) is 6.18 Å². The summed E-state index contributed by atoms with van der Waals surface area (Å²) in [5.74, 6) is 0.579. The van der Waals surface area contributed by atoms with E-state index in [0.29, 0.717) is 17.1 Å². The summed E-state index contributed by atoms with van der Waals surface area (Å²) in [4.78, 5) is 0. The third kappa shape index (κ3) is 3.22. The van der Waals surface area contributed by atoms with Crippen LogP contribution in [0, 0.1) is 4.77 Å². The number of benzene rings is 2. The molecule has 3 aromatic rings. The van der Waals surface area contributed by atoms with E-state index in [1.165, 1.54) is 29.9 Å². The van der Waals surface area contributed by atoms with Crippen LogP contribution in [0.5, 0.6) is 11.5 Å². The van der Waals surface area contributed by atoms with Crippen LogP contribution in [0.3, 0.4) is 0 Å². The Hall–Kier alpha value is -2.81. The van der Waals surface area contributed by atoms with Crippen molar-refractivity contribution in [2.24, 2.45) is 0 Å². The van der Waals surface area contributed by atoms with Crippen molar-refractivity contribution < 1.29 is 23.0 Å². The standard InChI is InChI=1S/C16H12F3N3O2S/c1-24-13-8-9(2-7-12(13)23)14-20-21-15(25)22(14)11-5-3-10(4-6-11)16(17,18)19/h2-8,23H,1H3,(H,21,25). The second kappa shape index (κ2) is 6.25. The molecule has 5 nitrogen and oxygen atoms in total. The van der Waals surface area contributed by atoms with E-state index < -0.39 is 11.7 Å². The maximum absolute atomic E-state index is 12.7. The van der Waals surface area contributed by atoms with Gasteiger partial charge in [0.25, 0.3) is 0 Å². The largest absolute Gasteiger partial charge is 0.504 e. The number of halogens is 3. The van der Waals surface area contributed by atoms with Crippen LogP contribution in [0.2, 0.25) is 0 Å². The van der Waals surface area contributed by atoms with Gasteiger partial charge in [0.15, 0.2) is 22.1 Å². The fourth-order valence-corrected chi connectivity index (χ4v) is 2.58. The molecule has 2 aromatic carbocycles. The molecule has 9 heteroatoms. The van der Waals surface area contributed by atoms with Crippen LogP contribution >= 0.6 is 12.2 Å². The zero-order valence-electron chi connectivity index (χ0n) is 12.8. The molecule has 0 unspecified atom stereocenters. The first kappa shape index (κ1) is 17.0. The highest BCUT2D eigenvalue weighted by Gasteiger charge is 2.30. The Morgan fingerprint density at radius 2 is 1.84 bits per heavy atom. The Balaban J connectivity index is 2.10. The lowest BCUT2D eigenvalue weighted by Crippen LogP contribution is -2.05. The van der Waals surface area contributed by atoms with E-state index >= 15 is 0 Å². The molecule has 1 aromatic heterocycles. The van der Waals surface area contributed by atoms with Crippen molar-refractivity contribution in [3.8, 4) is 28.6 Å². The van der Waals surface area contributed by atoms with Gasteiger partial charge in [-0.2, -0.15) is 18.3 Å². The molecule has 0 radical (unpaired) electrons. The molecule has 25 heavy (non-hydrogen) atoms. The number of nitrogens with one attached hydrogen (secondary N) is 1. The van der Waals surface area contributed by atoms with Gasteiger partial charge in [-0.25, -0.2) is 0 Å². The van der Waals surface area contributed by atoms with Crippen molar-refractivity contribution in [1.82, 2.24) is 14.8 Å². The summed E-state index contributed by atoms with van der Waals surface area (Å²) in [5, 5.41) is 16.4. The smallest absolute Gasteiger partial charge is 0.416 e. The number of aromatic nitrogens is 3. The number of ether oxygens (including phenoxy) is 1. The van der Waals surface area contributed by atoms with Crippen molar-refractivity contribution >= 4 is 12.2 Å². The van der Waals surface area contributed by atoms with Crippen LogP contribution < -0.4 is 4.74 Å². The van der Waals surface area contributed by atoms with Gasteiger partial charge in [-0.15, -0.1) is 0 Å². The second-order valence-corrected chi connectivity index (χ2v) is 5.51. The number of alkyl halides is 3. The quantitative estimate of drug-likeness (QED) is 0.677. The predicted molar refractivity (Wildman–Crippen MR) is 87.4 cm³/mol. The lowest BCUT2D eigenvalue weighted by atomic mass is 10.1. The fourth-order valence-electron chi connectivity index (χ4n) is 2.35. The third-order valence-electron chi connectivity index (χ3n) is 3.56. The van der Waals surface area contributed by atoms with Crippen LogP contribution in [0.25, 0.3) is 17.1 Å². The molecule has 0 aliphatic rings. The average Bonchev–Trinajstić information content (AvgIpc) is 2.96. The lowest BCUT2D eigenvalue weighted by Gasteiger charge is -2.11. The molecule has 0 atom stereocenters. The summed E-state index contributed by atoms with van der Waals surface area (Å²) in [6.07, 6.45) is -4.41. The van der Waals surface area contributed by atoms with E-state index in [2.05, 4.69) is 10.2 Å². The second-order valence-electron chi connectivity index (χ2n) is 5.12. The SMILES string of the molecule is COc1cc(-c2n[nH]c(=S)n2-c2ccc(C(F)(F)F)cc2)ccc1O. The molecule has 0 bridgehead atoms. The minimum atomic E-state index is -4.41. The molecule has 2 N–H and O–H groups in total. The fraction of sp³-hybridized carbons (Fsp3) is 0.125. The van der Waals surface area contributed by atoms with Gasteiger partial charge in [0.1, 0.15) is 0 Å². The number of H-pyrrole nitrogens is 1. The maximum Gasteiger partial charge on any atom is 0.416 e. The summed E-state index contributed by atoms with van der Waals surface area (Å²) in [6.45, 7) is 0. The van der Waals surface area contributed by atoms with Gasteiger partial charge in [0.05, 0.1) is 12.7 Å². The number of phenols is 1. The average molecular weight is 367 g/mol. The number of rotatable bonds is 3. The van der Waals surface area contributed by atoms with E-state index in [-0.39, 0.29) is 16.3 Å². The van der Waals surface area contributed by atoms with Gasteiger partial charge in [-0.05, 0) is 54.7 Å². The van der Waals surface area contributed by atoms with E-state index in [1.54, 1.807) is 12.1 Å². The molecule has 0 aliphatic carbocycles. The van der Waals surface area contributed by atoms with Crippen molar-refractivity contribution in [3.63, 3.8) is 0 Å². The molecule has 0 fully saturated rings. The van der Waals surface area contributed by atoms with Crippen LogP contribution in [0.1, 0.15) is 5.56 Å². The first-order valence-corrected chi connectivity index (χ1v) is 7.44. The van der Waals surface area contributed by atoms with E-state index in [4.69, 9.17) is 17.0 Å².